The van der Waals surface area contributed by atoms with E-state index in [4.69, 9.17) is 9.26 Å². The summed E-state index contributed by atoms with van der Waals surface area (Å²) in [5, 5.41) is 6.61. The molecule has 6 nitrogen and oxygen atoms in total. The number of carbonyl (C=O) groups excluding carboxylic acids is 1. The van der Waals surface area contributed by atoms with Gasteiger partial charge in [0.15, 0.2) is 0 Å². The van der Waals surface area contributed by atoms with Crippen molar-refractivity contribution in [2.45, 2.75) is 20.5 Å². The molecule has 1 amide bonds. The molecular formula is C18H17N3O3. The van der Waals surface area contributed by atoms with Gasteiger partial charge in [0.2, 0.25) is 17.6 Å². The van der Waals surface area contributed by atoms with Crippen molar-refractivity contribution in [2.75, 3.05) is 5.32 Å². The molecule has 0 aliphatic carbocycles. The molecule has 0 atom stereocenters. The van der Waals surface area contributed by atoms with Crippen LogP contribution in [-0.4, -0.2) is 16.0 Å². The lowest BCUT2D eigenvalue weighted by Crippen LogP contribution is -2.05. The quantitative estimate of drug-likeness (QED) is 0.776. The predicted molar refractivity (Wildman–Crippen MR) is 89.5 cm³/mol. The highest BCUT2D eigenvalue weighted by Crippen LogP contribution is 2.19. The Kier molecular flexibility index (Phi) is 4.56. The maximum Gasteiger partial charge on any atom is 0.223 e. The van der Waals surface area contributed by atoms with Crippen LogP contribution in [0.2, 0.25) is 0 Å². The minimum atomic E-state index is -0.0967. The van der Waals surface area contributed by atoms with Crippen molar-refractivity contribution in [3.05, 3.63) is 60.0 Å². The van der Waals surface area contributed by atoms with Gasteiger partial charge in [0.25, 0.3) is 0 Å². The number of rotatable bonds is 5. The number of benzene rings is 2. The van der Waals surface area contributed by atoms with Crippen LogP contribution in [0.4, 0.5) is 5.69 Å². The molecule has 0 spiro atoms. The molecule has 0 radical (unpaired) electrons. The first-order valence-electron chi connectivity index (χ1n) is 7.50. The fraction of sp³-hybridized carbons (Fsp3) is 0.167. The number of aromatic nitrogens is 2. The third kappa shape index (κ3) is 3.98. The molecule has 3 aromatic rings. The van der Waals surface area contributed by atoms with Gasteiger partial charge in [-0.15, -0.1) is 0 Å². The molecular weight excluding hydrogens is 306 g/mol. The lowest BCUT2D eigenvalue weighted by molar-refractivity contribution is -0.114. The number of aryl methyl sites for hydroxylation is 1. The smallest absolute Gasteiger partial charge is 0.223 e. The second kappa shape index (κ2) is 6.95. The highest BCUT2D eigenvalue weighted by atomic mass is 16.5. The average Bonchev–Trinajstić information content (AvgIpc) is 3.01. The van der Waals surface area contributed by atoms with E-state index in [1.54, 1.807) is 19.1 Å². The van der Waals surface area contributed by atoms with Gasteiger partial charge in [-0.05, 0) is 29.8 Å². The van der Waals surface area contributed by atoms with Crippen LogP contribution < -0.4 is 10.1 Å². The van der Waals surface area contributed by atoms with Gasteiger partial charge in [-0.2, -0.15) is 4.98 Å². The van der Waals surface area contributed by atoms with E-state index in [2.05, 4.69) is 15.5 Å². The number of ether oxygens (including phenoxy) is 1. The van der Waals surface area contributed by atoms with Gasteiger partial charge < -0.3 is 14.6 Å². The molecule has 0 aliphatic heterocycles. The van der Waals surface area contributed by atoms with Crippen LogP contribution in [0, 0.1) is 6.92 Å². The molecule has 122 valence electrons. The summed E-state index contributed by atoms with van der Waals surface area (Å²) in [4.78, 5) is 15.2. The van der Waals surface area contributed by atoms with Gasteiger partial charge in [-0.3, -0.25) is 4.79 Å². The maximum absolute atomic E-state index is 11.0. The predicted octanol–water partition coefficient (Wildman–Crippen LogP) is 3.58. The molecule has 6 heteroatoms. The van der Waals surface area contributed by atoms with Crippen molar-refractivity contribution in [3.63, 3.8) is 0 Å². The SMILES string of the molecule is CC(=O)Nc1ccc(OCc2ccc(-c3noc(C)n3)cc2)cc1. The highest BCUT2D eigenvalue weighted by molar-refractivity contribution is 5.88. The normalized spacial score (nSPS) is 10.4. The monoisotopic (exact) mass is 323 g/mol. The lowest BCUT2D eigenvalue weighted by atomic mass is 10.1. The Hall–Kier alpha value is -3.15. The van der Waals surface area contributed by atoms with E-state index in [0.717, 1.165) is 22.6 Å². The summed E-state index contributed by atoms with van der Waals surface area (Å²) in [5.41, 5.74) is 2.68. The lowest BCUT2D eigenvalue weighted by Gasteiger charge is -2.08. The first kappa shape index (κ1) is 15.7. The second-order valence-corrected chi connectivity index (χ2v) is 5.33. The summed E-state index contributed by atoms with van der Waals surface area (Å²) in [6.45, 7) is 3.69. The summed E-state index contributed by atoms with van der Waals surface area (Å²) >= 11 is 0. The summed E-state index contributed by atoms with van der Waals surface area (Å²) in [6, 6.07) is 15.0. The topological polar surface area (TPSA) is 77.2 Å². The van der Waals surface area contributed by atoms with Crippen molar-refractivity contribution in [2.24, 2.45) is 0 Å². The molecule has 0 fully saturated rings. The highest BCUT2D eigenvalue weighted by Gasteiger charge is 2.05. The van der Waals surface area contributed by atoms with Crippen LogP contribution in [0.1, 0.15) is 18.4 Å². The van der Waals surface area contributed by atoms with E-state index in [9.17, 15) is 4.79 Å². The van der Waals surface area contributed by atoms with Crippen LogP contribution in [-0.2, 0) is 11.4 Å². The number of hydrogen-bond acceptors (Lipinski definition) is 5. The molecule has 24 heavy (non-hydrogen) atoms. The van der Waals surface area contributed by atoms with Gasteiger partial charge in [0.1, 0.15) is 12.4 Å². The largest absolute Gasteiger partial charge is 0.489 e. The van der Waals surface area contributed by atoms with Crippen molar-refractivity contribution < 1.29 is 14.1 Å². The number of anilines is 1. The van der Waals surface area contributed by atoms with E-state index in [1.165, 1.54) is 6.92 Å². The number of nitrogens with one attached hydrogen (secondary N) is 1. The van der Waals surface area contributed by atoms with Crippen molar-refractivity contribution in [1.29, 1.82) is 0 Å². The first-order chi connectivity index (χ1) is 11.6. The molecule has 1 aromatic heterocycles. The zero-order valence-electron chi connectivity index (χ0n) is 13.4. The minimum absolute atomic E-state index is 0.0967. The van der Waals surface area contributed by atoms with Gasteiger partial charge in [0, 0.05) is 25.1 Å². The molecule has 0 aliphatic rings. The molecule has 0 unspecified atom stereocenters. The number of amides is 1. The average molecular weight is 323 g/mol. The third-order valence-corrected chi connectivity index (χ3v) is 3.32. The standard InChI is InChI=1S/C18H17N3O3/c1-12(22)19-16-7-9-17(10-8-16)23-11-14-3-5-15(6-4-14)18-20-13(2)24-21-18/h3-10H,11H2,1-2H3,(H,19,22). The van der Waals surface area contributed by atoms with E-state index in [-0.39, 0.29) is 5.91 Å². The Morgan fingerprint density at radius 3 is 2.42 bits per heavy atom. The van der Waals surface area contributed by atoms with Crippen LogP contribution in [0.15, 0.2) is 53.1 Å². The number of nitrogens with zero attached hydrogens (tertiary/aromatic N) is 2. The summed E-state index contributed by atoms with van der Waals surface area (Å²) in [5.74, 6) is 1.76. The van der Waals surface area contributed by atoms with Crippen LogP contribution in [0.5, 0.6) is 5.75 Å². The van der Waals surface area contributed by atoms with E-state index in [0.29, 0.717) is 18.3 Å². The molecule has 1 heterocycles. The zero-order valence-corrected chi connectivity index (χ0v) is 13.4. The Balaban J connectivity index is 1.59. The first-order valence-corrected chi connectivity index (χ1v) is 7.50. The fourth-order valence-corrected chi connectivity index (χ4v) is 2.17. The summed E-state index contributed by atoms with van der Waals surface area (Å²) < 4.78 is 10.7. The summed E-state index contributed by atoms with van der Waals surface area (Å²) in [6.07, 6.45) is 0. The van der Waals surface area contributed by atoms with E-state index < -0.39 is 0 Å². The van der Waals surface area contributed by atoms with Crippen LogP contribution >= 0.6 is 0 Å². The Morgan fingerprint density at radius 2 is 1.83 bits per heavy atom. The van der Waals surface area contributed by atoms with Gasteiger partial charge in [0.05, 0.1) is 0 Å². The minimum Gasteiger partial charge on any atom is -0.489 e. The Labute approximate surface area is 139 Å². The van der Waals surface area contributed by atoms with Gasteiger partial charge in [-0.25, -0.2) is 0 Å². The van der Waals surface area contributed by atoms with E-state index >= 15 is 0 Å². The molecule has 0 saturated carbocycles. The van der Waals surface area contributed by atoms with E-state index in [1.807, 2.05) is 36.4 Å². The molecule has 0 saturated heterocycles. The summed E-state index contributed by atoms with van der Waals surface area (Å²) in [7, 11) is 0. The van der Waals surface area contributed by atoms with Crippen LogP contribution in [0.25, 0.3) is 11.4 Å². The molecule has 0 bridgehead atoms. The van der Waals surface area contributed by atoms with Gasteiger partial charge in [-0.1, -0.05) is 29.4 Å². The fourth-order valence-electron chi connectivity index (χ4n) is 2.17. The molecule has 1 N–H and O–H groups in total. The van der Waals surface area contributed by atoms with Gasteiger partial charge >= 0.3 is 0 Å². The zero-order chi connectivity index (χ0) is 16.9. The third-order valence-electron chi connectivity index (χ3n) is 3.32. The van der Waals surface area contributed by atoms with Crippen molar-refractivity contribution in [1.82, 2.24) is 10.1 Å². The Morgan fingerprint density at radius 1 is 1.12 bits per heavy atom. The van der Waals surface area contributed by atoms with Crippen molar-refractivity contribution in [3.8, 4) is 17.1 Å². The molecule has 2 aromatic carbocycles. The Bertz CT molecular complexity index is 823. The van der Waals surface area contributed by atoms with Crippen molar-refractivity contribution >= 4 is 11.6 Å². The molecule has 3 rings (SSSR count). The van der Waals surface area contributed by atoms with Crippen LogP contribution in [0.3, 0.4) is 0 Å². The second-order valence-electron chi connectivity index (χ2n) is 5.33. The number of hydrogen-bond donors (Lipinski definition) is 1. The number of carbonyl (C=O) groups is 1. The maximum atomic E-state index is 11.0.